The SMILES string of the molecule is CC1(C)Cc2ccc(Br)cc2C1(C)N.Cl. The molecule has 84 valence electrons. The van der Waals surface area contributed by atoms with Crippen LogP contribution in [0.4, 0.5) is 0 Å². The summed E-state index contributed by atoms with van der Waals surface area (Å²) in [6.07, 6.45) is 1.07. The molecule has 0 amide bonds. The smallest absolute Gasteiger partial charge is 0.0439 e. The molecule has 2 N–H and O–H groups in total. The van der Waals surface area contributed by atoms with Crippen molar-refractivity contribution in [3.63, 3.8) is 0 Å². The number of fused-ring (bicyclic) bond motifs is 1. The maximum atomic E-state index is 6.42. The third-order valence-electron chi connectivity index (χ3n) is 3.67. The van der Waals surface area contributed by atoms with Gasteiger partial charge in [-0.05, 0) is 42.0 Å². The molecule has 0 fully saturated rings. The molecule has 3 heteroatoms. The Morgan fingerprint density at radius 2 is 1.87 bits per heavy atom. The fourth-order valence-corrected chi connectivity index (χ4v) is 2.57. The Balaban J connectivity index is 0.00000112. The van der Waals surface area contributed by atoms with E-state index in [0.29, 0.717) is 0 Å². The van der Waals surface area contributed by atoms with Gasteiger partial charge in [-0.15, -0.1) is 12.4 Å². The molecule has 0 aliphatic heterocycles. The lowest BCUT2D eigenvalue weighted by Crippen LogP contribution is -2.43. The van der Waals surface area contributed by atoms with Crippen molar-refractivity contribution in [2.75, 3.05) is 0 Å². The largest absolute Gasteiger partial charge is 0.321 e. The Hall–Kier alpha value is -0.0500. The van der Waals surface area contributed by atoms with E-state index in [4.69, 9.17) is 5.73 Å². The van der Waals surface area contributed by atoms with Crippen LogP contribution in [0.3, 0.4) is 0 Å². The van der Waals surface area contributed by atoms with Gasteiger partial charge in [-0.1, -0.05) is 35.8 Å². The first-order valence-electron chi connectivity index (χ1n) is 4.92. The molecule has 0 aromatic heterocycles. The van der Waals surface area contributed by atoms with Crippen molar-refractivity contribution in [3.8, 4) is 0 Å². The number of halogens is 2. The highest BCUT2D eigenvalue weighted by Gasteiger charge is 2.45. The second-order valence-electron chi connectivity index (χ2n) is 5.06. The van der Waals surface area contributed by atoms with E-state index in [9.17, 15) is 0 Å². The van der Waals surface area contributed by atoms with Gasteiger partial charge in [0.1, 0.15) is 0 Å². The second kappa shape index (κ2) is 3.76. The molecule has 2 rings (SSSR count). The number of nitrogens with two attached hydrogens (primary N) is 1. The molecule has 0 heterocycles. The maximum absolute atomic E-state index is 6.42. The highest BCUT2D eigenvalue weighted by molar-refractivity contribution is 9.10. The molecule has 0 saturated heterocycles. The lowest BCUT2D eigenvalue weighted by atomic mass is 9.75. The molecule has 0 saturated carbocycles. The van der Waals surface area contributed by atoms with E-state index in [2.05, 4.69) is 54.9 Å². The van der Waals surface area contributed by atoms with E-state index < -0.39 is 0 Å². The molecular weight excluding hydrogens is 273 g/mol. The van der Waals surface area contributed by atoms with Crippen LogP contribution in [-0.2, 0) is 12.0 Å². The van der Waals surface area contributed by atoms with Crippen LogP contribution in [0.15, 0.2) is 22.7 Å². The first-order chi connectivity index (χ1) is 6.34. The van der Waals surface area contributed by atoms with Gasteiger partial charge in [0.05, 0.1) is 0 Å². The fraction of sp³-hybridized carbons (Fsp3) is 0.500. The van der Waals surface area contributed by atoms with E-state index in [-0.39, 0.29) is 23.4 Å². The Morgan fingerprint density at radius 1 is 1.27 bits per heavy atom. The summed E-state index contributed by atoms with van der Waals surface area (Å²) < 4.78 is 1.12. The monoisotopic (exact) mass is 289 g/mol. The van der Waals surface area contributed by atoms with Gasteiger partial charge < -0.3 is 5.73 Å². The second-order valence-corrected chi connectivity index (χ2v) is 5.98. The van der Waals surface area contributed by atoms with Gasteiger partial charge in [-0.2, -0.15) is 0 Å². The molecule has 1 aliphatic rings. The lowest BCUT2D eigenvalue weighted by molar-refractivity contribution is 0.211. The summed E-state index contributed by atoms with van der Waals surface area (Å²) in [6.45, 7) is 6.60. The molecule has 15 heavy (non-hydrogen) atoms. The van der Waals surface area contributed by atoms with Gasteiger partial charge in [0, 0.05) is 10.0 Å². The lowest BCUT2D eigenvalue weighted by Gasteiger charge is -2.35. The fourth-order valence-electron chi connectivity index (χ4n) is 2.21. The third kappa shape index (κ3) is 1.83. The van der Waals surface area contributed by atoms with Crippen LogP contribution >= 0.6 is 28.3 Å². The van der Waals surface area contributed by atoms with E-state index in [1.54, 1.807) is 0 Å². The van der Waals surface area contributed by atoms with Crippen LogP contribution in [-0.4, -0.2) is 0 Å². The van der Waals surface area contributed by atoms with Gasteiger partial charge in [0.2, 0.25) is 0 Å². The zero-order valence-corrected chi connectivity index (χ0v) is 11.7. The van der Waals surface area contributed by atoms with Crippen molar-refractivity contribution in [1.29, 1.82) is 0 Å². The minimum Gasteiger partial charge on any atom is -0.321 e. The molecule has 1 aliphatic carbocycles. The molecule has 1 unspecified atom stereocenters. The minimum absolute atomic E-state index is 0. The third-order valence-corrected chi connectivity index (χ3v) is 4.16. The van der Waals surface area contributed by atoms with Crippen LogP contribution < -0.4 is 5.73 Å². The quantitative estimate of drug-likeness (QED) is 0.776. The van der Waals surface area contributed by atoms with Crippen molar-refractivity contribution in [2.24, 2.45) is 11.1 Å². The Morgan fingerprint density at radius 3 is 2.47 bits per heavy atom. The van der Waals surface area contributed by atoms with Gasteiger partial charge >= 0.3 is 0 Å². The van der Waals surface area contributed by atoms with Gasteiger partial charge in [0.25, 0.3) is 0 Å². The first-order valence-corrected chi connectivity index (χ1v) is 5.72. The van der Waals surface area contributed by atoms with Crippen molar-refractivity contribution in [1.82, 2.24) is 0 Å². The highest BCUT2D eigenvalue weighted by Crippen LogP contribution is 2.48. The maximum Gasteiger partial charge on any atom is 0.0439 e. The van der Waals surface area contributed by atoms with Gasteiger partial charge in [-0.3, -0.25) is 0 Å². The molecule has 1 nitrogen and oxygen atoms in total. The Kier molecular flexibility index (Phi) is 3.26. The van der Waals surface area contributed by atoms with Gasteiger partial charge in [-0.25, -0.2) is 0 Å². The average molecular weight is 291 g/mol. The number of hydrogen-bond acceptors (Lipinski definition) is 1. The van der Waals surface area contributed by atoms with Crippen LogP contribution in [0.5, 0.6) is 0 Å². The average Bonchev–Trinajstić information content (AvgIpc) is 2.22. The van der Waals surface area contributed by atoms with E-state index in [1.165, 1.54) is 11.1 Å². The van der Waals surface area contributed by atoms with Crippen LogP contribution in [0.1, 0.15) is 31.9 Å². The van der Waals surface area contributed by atoms with E-state index in [1.807, 2.05) is 0 Å². The molecule has 0 bridgehead atoms. The molecule has 1 atom stereocenters. The Bertz CT molecular complexity index is 385. The molecule has 0 radical (unpaired) electrons. The van der Waals surface area contributed by atoms with E-state index >= 15 is 0 Å². The van der Waals surface area contributed by atoms with Crippen molar-refractivity contribution >= 4 is 28.3 Å². The number of rotatable bonds is 0. The minimum atomic E-state index is -0.216. The van der Waals surface area contributed by atoms with Crippen molar-refractivity contribution in [2.45, 2.75) is 32.7 Å². The zero-order chi connectivity index (χ0) is 10.6. The zero-order valence-electron chi connectivity index (χ0n) is 9.30. The first kappa shape index (κ1) is 13.0. The predicted octanol–water partition coefficient (Wildman–Crippen LogP) is 3.63. The summed E-state index contributed by atoms with van der Waals surface area (Å²) in [5.41, 5.74) is 9.03. The summed E-state index contributed by atoms with van der Waals surface area (Å²) >= 11 is 3.50. The van der Waals surface area contributed by atoms with Crippen LogP contribution in [0.25, 0.3) is 0 Å². The highest BCUT2D eigenvalue weighted by atomic mass is 79.9. The summed E-state index contributed by atoms with van der Waals surface area (Å²) in [4.78, 5) is 0. The van der Waals surface area contributed by atoms with Crippen molar-refractivity contribution < 1.29 is 0 Å². The predicted molar refractivity (Wildman–Crippen MR) is 70.4 cm³/mol. The van der Waals surface area contributed by atoms with E-state index in [0.717, 1.165) is 10.9 Å². The number of benzene rings is 1. The van der Waals surface area contributed by atoms with Gasteiger partial charge in [0.15, 0.2) is 0 Å². The molecule has 0 spiro atoms. The number of hydrogen-bond donors (Lipinski definition) is 1. The summed E-state index contributed by atoms with van der Waals surface area (Å²) in [5, 5.41) is 0. The summed E-state index contributed by atoms with van der Waals surface area (Å²) in [6, 6.07) is 6.43. The van der Waals surface area contributed by atoms with Crippen molar-refractivity contribution in [3.05, 3.63) is 33.8 Å². The molecule has 1 aromatic rings. The summed E-state index contributed by atoms with van der Waals surface area (Å²) in [7, 11) is 0. The normalized spacial score (nSPS) is 27.0. The van der Waals surface area contributed by atoms with Crippen LogP contribution in [0, 0.1) is 5.41 Å². The summed E-state index contributed by atoms with van der Waals surface area (Å²) in [5.74, 6) is 0. The Labute approximate surface area is 106 Å². The molecule has 1 aromatic carbocycles. The standard InChI is InChI=1S/C12H16BrN.ClH/c1-11(2)7-8-4-5-9(13)6-10(8)12(11,3)14;/h4-6H,7,14H2,1-3H3;1H. The molecular formula is C12H17BrClN. The van der Waals surface area contributed by atoms with Crippen LogP contribution in [0.2, 0.25) is 0 Å². The topological polar surface area (TPSA) is 26.0 Å².